The quantitative estimate of drug-likeness (QED) is 0.551. The standard InChI is InChI=1S/C12H15FO2/c1-3-6-15-8-12(14)11-7-10(13)5-4-9(11)2/h4-5,7H,3,6,8H2,1-2H3. The molecule has 0 atom stereocenters. The lowest BCUT2D eigenvalue weighted by Crippen LogP contribution is -2.11. The fourth-order valence-corrected chi connectivity index (χ4v) is 1.28. The van der Waals surface area contributed by atoms with Crippen molar-refractivity contribution in [3.05, 3.63) is 35.1 Å². The first-order valence-corrected chi connectivity index (χ1v) is 5.02. The van der Waals surface area contributed by atoms with Gasteiger partial charge in [0.05, 0.1) is 0 Å². The largest absolute Gasteiger partial charge is 0.373 e. The molecule has 2 nitrogen and oxygen atoms in total. The Hall–Kier alpha value is -1.22. The van der Waals surface area contributed by atoms with Gasteiger partial charge in [-0.2, -0.15) is 0 Å². The molecular formula is C12H15FO2. The zero-order chi connectivity index (χ0) is 11.3. The summed E-state index contributed by atoms with van der Waals surface area (Å²) >= 11 is 0. The lowest BCUT2D eigenvalue weighted by atomic mass is 10.1. The fourth-order valence-electron chi connectivity index (χ4n) is 1.28. The average molecular weight is 210 g/mol. The number of hydrogen-bond acceptors (Lipinski definition) is 2. The highest BCUT2D eigenvalue weighted by molar-refractivity contribution is 5.98. The third kappa shape index (κ3) is 3.44. The molecule has 0 fully saturated rings. The van der Waals surface area contributed by atoms with Crippen molar-refractivity contribution in [2.45, 2.75) is 20.3 Å². The van der Waals surface area contributed by atoms with Crippen LogP contribution < -0.4 is 0 Å². The van der Waals surface area contributed by atoms with Gasteiger partial charge in [-0.25, -0.2) is 4.39 Å². The summed E-state index contributed by atoms with van der Waals surface area (Å²) in [5, 5.41) is 0. The van der Waals surface area contributed by atoms with Crippen molar-refractivity contribution in [1.82, 2.24) is 0 Å². The van der Waals surface area contributed by atoms with E-state index in [1.807, 2.05) is 6.92 Å². The zero-order valence-corrected chi connectivity index (χ0v) is 9.05. The predicted molar refractivity (Wildman–Crippen MR) is 56.6 cm³/mol. The van der Waals surface area contributed by atoms with Crippen LogP contribution in [0.2, 0.25) is 0 Å². The number of Topliss-reactive ketones (excluding diaryl/α,β-unsaturated/α-hetero) is 1. The first kappa shape index (κ1) is 11.9. The van der Waals surface area contributed by atoms with Gasteiger partial charge in [0.25, 0.3) is 0 Å². The van der Waals surface area contributed by atoms with Crippen molar-refractivity contribution in [1.29, 1.82) is 0 Å². The van der Waals surface area contributed by atoms with E-state index in [4.69, 9.17) is 4.74 Å². The minimum absolute atomic E-state index is 0.0259. The summed E-state index contributed by atoms with van der Waals surface area (Å²) < 4.78 is 18.0. The summed E-state index contributed by atoms with van der Waals surface area (Å²) in [4.78, 5) is 11.6. The van der Waals surface area contributed by atoms with E-state index in [-0.39, 0.29) is 18.2 Å². The van der Waals surface area contributed by atoms with E-state index in [2.05, 4.69) is 0 Å². The molecule has 82 valence electrons. The van der Waals surface area contributed by atoms with Crippen LogP contribution in [-0.4, -0.2) is 19.0 Å². The molecule has 1 aromatic rings. The van der Waals surface area contributed by atoms with Gasteiger partial charge in [-0.3, -0.25) is 4.79 Å². The summed E-state index contributed by atoms with van der Waals surface area (Å²) in [6.07, 6.45) is 0.870. The van der Waals surface area contributed by atoms with Crippen LogP contribution >= 0.6 is 0 Å². The smallest absolute Gasteiger partial charge is 0.188 e. The van der Waals surface area contributed by atoms with Gasteiger partial charge in [0.15, 0.2) is 5.78 Å². The van der Waals surface area contributed by atoms with Crippen molar-refractivity contribution in [3.8, 4) is 0 Å². The van der Waals surface area contributed by atoms with E-state index in [0.29, 0.717) is 12.2 Å². The molecule has 0 N–H and O–H groups in total. The van der Waals surface area contributed by atoms with Crippen LogP contribution in [0.1, 0.15) is 29.3 Å². The molecule has 3 heteroatoms. The van der Waals surface area contributed by atoms with Gasteiger partial charge in [-0.1, -0.05) is 13.0 Å². The second-order valence-corrected chi connectivity index (χ2v) is 3.44. The Bertz CT molecular complexity index is 347. The third-order valence-corrected chi connectivity index (χ3v) is 2.08. The van der Waals surface area contributed by atoms with Crippen LogP contribution in [0.3, 0.4) is 0 Å². The van der Waals surface area contributed by atoms with Gasteiger partial charge < -0.3 is 4.74 Å². The molecule has 0 unspecified atom stereocenters. The summed E-state index contributed by atoms with van der Waals surface area (Å²) in [5.74, 6) is -0.556. The van der Waals surface area contributed by atoms with Gasteiger partial charge >= 0.3 is 0 Å². The molecular weight excluding hydrogens is 195 g/mol. The summed E-state index contributed by atoms with van der Waals surface area (Å²) in [6.45, 7) is 4.34. The summed E-state index contributed by atoms with van der Waals surface area (Å²) in [5.41, 5.74) is 1.19. The Kier molecular flexibility index (Phi) is 4.43. The maximum atomic E-state index is 12.9. The topological polar surface area (TPSA) is 26.3 Å². The number of ketones is 1. The number of carbonyl (C=O) groups excluding carboxylic acids is 1. The lowest BCUT2D eigenvalue weighted by molar-refractivity contribution is 0.0760. The van der Waals surface area contributed by atoms with Gasteiger partial charge in [-0.15, -0.1) is 0 Å². The van der Waals surface area contributed by atoms with Crippen LogP contribution in [0.4, 0.5) is 4.39 Å². The first-order valence-electron chi connectivity index (χ1n) is 5.02. The minimum Gasteiger partial charge on any atom is -0.373 e. The van der Waals surface area contributed by atoms with E-state index >= 15 is 0 Å². The number of rotatable bonds is 5. The van der Waals surface area contributed by atoms with E-state index < -0.39 is 0 Å². The molecule has 0 spiro atoms. The molecule has 0 radical (unpaired) electrons. The molecule has 0 aliphatic carbocycles. The van der Waals surface area contributed by atoms with Gasteiger partial charge in [0, 0.05) is 12.2 Å². The first-order chi connectivity index (χ1) is 7.15. The highest BCUT2D eigenvalue weighted by Crippen LogP contribution is 2.11. The Morgan fingerprint density at radius 1 is 1.47 bits per heavy atom. The SMILES string of the molecule is CCCOCC(=O)c1cc(F)ccc1C. The van der Waals surface area contributed by atoms with Crippen molar-refractivity contribution in [2.24, 2.45) is 0 Å². The maximum absolute atomic E-state index is 12.9. The van der Waals surface area contributed by atoms with Crippen molar-refractivity contribution >= 4 is 5.78 Å². The second kappa shape index (κ2) is 5.61. The van der Waals surface area contributed by atoms with E-state index in [9.17, 15) is 9.18 Å². The van der Waals surface area contributed by atoms with Crippen LogP contribution in [-0.2, 0) is 4.74 Å². The average Bonchev–Trinajstić information content (AvgIpc) is 2.22. The van der Waals surface area contributed by atoms with Crippen molar-refractivity contribution in [2.75, 3.05) is 13.2 Å². The van der Waals surface area contributed by atoms with Crippen molar-refractivity contribution < 1.29 is 13.9 Å². The Morgan fingerprint density at radius 3 is 2.87 bits per heavy atom. The monoisotopic (exact) mass is 210 g/mol. The highest BCUT2D eigenvalue weighted by Gasteiger charge is 2.09. The summed E-state index contributed by atoms with van der Waals surface area (Å²) in [7, 11) is 0. The van der Waals surface area contributed by atoms with Crippen LogP contribution in [0.25, 0.3) is 0 Å². The molecule has 0 aliphatic heterocycles. The van der Waals surface area contributed by atoms with Gasteiger partial charge in [0.1, 0.15) is 12.4 Å². The number of ether oxygens (including phenoxy) is 1. The molecule has 0 aliphatic rings. The van der Waals surface area contributed by atoms with Crippen LogP contribution in [0.15, 0.2) is 18.2 Å². The summed E-state index contributed by atoms with van der Waals surface area (Å²) in [6, 6.07) is 4.20. The molecule has 1 aromatic carbocycles. The Morgan fingerprint density at radius 2 is 2.20 bits per heavy atom. The van der Waals surface area contributed by atoms with E-state index in [1.54, 1.807) is 13.0 Å². The Balaban J connectivity index is 2.68. The molecule has 0 saturated carbocycles. The molecule has 1 rings (SSSR count). The number of hydrogen-bond donors (Lipinski definition) is 0. The van der Waals surface area contributed by atoms with E-state index in [1.165, 1.54) is 12.1 Å². The zero-order valence-electron chi connectivity index (χ0n) is 9.05. The third-order valence-electron chi connectivity index (χ3n) is 2.08. The molecule has 0 aromatic heterocycles. The number of benzene rings is 1. The molecule has 0 heterocycles. The highest BCUT2D eigenvalue weighted by atomic mass is 19.1. The molecule has 0 amide bonds. The Labute approximate surface area is 89.1 Å². The van der Waals surface area contributed by atoms with Crippen LogP contribution in [0, 0.1) is 12.7 Å². The minimum atomic E-state index is -0.389. The number of halogens is 1. The van der Waals surface area contributed by atoms with Gasteiger partial charge in [-0.05, 0) is 31.0 Å². The molecule has 0 bridgehead atoms. The normalized spacial score (nSPS) is 10.3. The number of aryl methyl sites for hydroxylation is 1. The second-order valence-electron chi connectivity index (χ2n) is 3.44. The molecule has 15 heavy (non-hydrogen) atoms. The molecule has 0 saturated heterocycles. The number of carbonyl (C=O) groups is 1. The van der Waals surface area contributed by atoms with E-state index in [0.717, 1.165) is 12.0 Å². The van der Waals surface area contributed by atoms with Crippen molar-refractivity contribution in [3.63, 3.8) is 0 Å². The van der Waals surface area contributed by atoms with Gasteiger partial charge in [0.2, 0.25) is 0 Å². The fraction of sp³-hybridized carbons (Fsp3) is 0.417. The van der Waals surface area contributed by atoms with Crippen LogP contribution in [0.5, 0.6) is 0 Å². The lowest BCUT2D eigenvalue weighted by Gasteiger charge is -2.05. The predicted octanol–water partition coefficient (Wildman–Crippen LogP) is 2.74. The maximum Gasteiger partial charge on any atom is 0.188 e.